The van der Waals surface area contributed by atoms with Crippen LogP contribution in [0.1, 0.15) is 38.5 Å². The molecule has 6 heteroatoms. The van der Waals surface area contributed by atoms with Gasteiger partial charge in [0.1, 0.15) is 11.6 Å². The van der Waals surface area contributed by atoms with Crippen LogP contribution in [-0.4, -0.2) is 25.1 Å². The van der Waals surface area contributed by atoms with Crippen LogP contribution in [0.25, 0.3) is 0 Å². The van der Waals surface area contributed by atoms with Crippen molar-refractivity contribution in [2.45, 2.75) is 44.6 Å². The Bertz CT molecular complexity index is 470. The van der Waals surface area contributed by atoms with E-state index in [4.69, 9.17) is 10.5 Å². The van der Waals surface area contributed by atoms with E-state index in [1.165, 1.54) is 18.6 Å². The summed E-state index contributed by atoms with van der Waals surface area (Å²) in [7, 11) is 0. The lowest BCUT2D eigenvalue weighted by Crippen LogP contribution is -2.44. The molecule has 1 amide bonds. The molecule has 23 heavy (non-hydrogen) atoms. The zero-order valence-corrected chi connectivity index (χ0v) is 14.1. The van der Waals surface area contributed by atoms with Crippen molar-refractivity contribution in [3.05, 3.63) is 30.1 Å². The Morgan fingerprint density at radius 2 is 1.96 bits per heavy atom. The first kappa shape index (κ1) is 19.7. The second kappa shape index (κ2) is 10.4. The van der Waals surface area contributed by atoms with Gasteiger partial charge in [-0.15, -0.1) is 12.4 Å². The van der Waals surface area contributed by atoms with Gasteiger partial charge in [-0.3, -0.25) is 4.79 Å². The summed E-state index contributed by atoms with van der Waals surface area (Å²) >= 11 is 0. The highest BCUT2D eigenvalue weighted by Crippen LogP contribution is 2.23. The molecule has 1 aromatic rings. The first-order chi connectivity index (χ1) is 10.7. The van der Waals surface area contributed by atoms with E-state index < -0.39 is 0 Å². The van der Waals surface area contributed by atoms with Crippen LogP contribution in [0.15, 0.2) is 24.3 Å². The number of halogens is 2. The van der Waals surface area contributed by atoms with Gasteiger partial charge in [-0.1, -0.05) is 12.8 Å². The zero-order chi connectivity index (χ0) is 15.8. The van der Waals surface area contributed by atoms with Crippen LogP contribution in [0.3, 0.4) is 0 Å². The lowest BCUT2D eigenvalue weighted by Gasteiger charge is -2.31. The molecule has 130 valence electrons. The monoisotopic (exact) mass is 344 g/mol. The highest BCUT2D eigenvalue weighted by molar-refractivity contribution is 5.85. The van der Waals surface area contributed by atoms with Crippen LogP contribution < -0.4 is 15.8 Å². The highest BCUT2D eigenvalue weighted by Gasteiger charge is 2.24. The van der Waals surface area contributed by atoms with Crippen molar-refractivity contribution in [2.75, 3.05) is 13.2 Å². The van der Waals surface area contributed by atoms with E-state index in [2.05, 4.69) is 5.32 Å². The van der Waals surface area contributed by atoms with E-state index in [-0.39, 0.29) is 30.2 Å². The summed E-state index contributed by atoms with van der Waals surface area (Å²) in [6, 6.07) is 6.12. The van der Waals surface area contributed by atoms with Crippen LogP contribution in [-0.2, 0) is 4.79 Å². The molecule has 1 aromatic carbocycles. The number of benzene rings is 1. The van der Waals surface area contributed by atoms with Crippen molar-refractivity contribution in [2.24, 2.45) is 11.7 Å². The summed E-state index contributed by atoms with van der Waals surface area (Å²) in [5.74, 6) is 0.812. The molecule has 0 bridgehead atoms. The Balaban J connectivity index is 0.00000264. The molecule has 2 unspecified atom stereocenters. The Morgan fingerprint density at radius 3 is 2.65 bits per heavy atom. The van der Waals surface area contributed by atoms with Gasteiger partial charge in [-0.05, 0) is 56.0 Å². The fourth-order valence-corrected chi connectivity index (χ4v) is 2.91. The number of carbonyl (C=O) groups excluding carboxylic acids is 1. The van der Waals surface area contributed by atoms with Crippen molar-refractivity contribution in [3.63, 3.8) is 0 Å². The molecule has 2 atom stereocenters. The molecular weight excluding hydrogens is 319 g/mol. The molecule has 0 heterocycles. The molecule has 0 spiro atoms. The number of hydrogen-bond acceptors (Lipinski definition) is 3. The molecule has 0 aliphatic heterocycles. The van der Waals surface area contributed by atoms with Gasteiger partial charge >= 0.3 is 0 Å². The van der Waals surface area contributed by atoms with Gasteiger partial charge in [0.05, 0.1) is 6.61 Å². The van der Waals surface area contributed by atoms with Crippen molar-refractivity contribution in [1.82, 2.24) is 5.32 Å². The quantitative estimate of drug-likeness (QED) is 0.747. The molecule has 4 nitrogen and oxygen atoms in total. The highest BCUT2D eigenvalue weighted by atomic mass is 35.5. The van der Waals surface area contributed by atoms with Crippen LogP contribution in [0.4, 0.5) is 4.39 Å². The summed E-state index contributed by atoms with van der Waals surface area (Å²) in [6.07, 6.45) is 5.59. The van der Waals surface area contributed by atoms with Gasteiger partial charge in [0.15, 0.2) is 0 Å². The molecular formula is C17H26ClFN2O2. The molecule has 0 saturated heterocycles. The van der Waals surface area contributed by atoms with Gasteiger partial charge in [-0.2, -0.15) is 0 Å². The summed E-state index contributed by atoms with van der Waals surface area (Å²) in [5, 5.41) is 3.10. The number of amides is 1. The number of nitrogens with two attached hydrogens (primary N) is 1. The number of carbonyl (C=O) groups is 1. The predicted molar refractivity (Wildman–Crippen MR) is 91.3 cm³/mol. The molecule has 1 fully saturated rings. The summed E-state index contributed by atoms with van der Waals surface area (Å²) in [6.45, 7) is 1.09. The average Bonchev–Trinajstić information content (AvgIpc) is 2.54. The minimum Gasteiger partial charge on any atom is -0.494 e. The second-order valence-corrected chi connectivity index (χ2v) is 5.86. The van der Waals surface area contributed by atoms with Gasteiger partial charge in [-0.25, -0.2) is 4.39 Å². The Labute approximate surface area is 143 Å². The predicted octanol–water partition coefficient (Wildman–Crippen LogP) is 3.04. The zero-order valence-electron chi connectivity index (χ0n) is 13.3. The van der Waals surface area contributed by atoms with E-state index in [0.29, 0.717) is 37.7 Å². The van der Waals surface area contributed by atoms with Crippen LogP contribution in [0, 0.1) is 11.7 Å². The van der Waals surface area contributed by atoms with E-state index in [9.17, 15) is 9.18 Å². The standard InChI is InChI=1S/C17H25FN2O2.ClH/c18-14-7-9-15(10-8-14)22-11-3-6-17(21)20-16-5-2-1-4-13(16)12-19;/h7-10,13,16H,1-6,11-12,19H2,(H,20,21);1H. The van der Waals surface area contributed by atoms with Crippen LogP contribution in [0.5, 0.6) is 5.75 Å². The minimum absolute atomic E-state index is 0. The van der Waals surface area contributed by atoms with E-state index in [1.54, 1.807) is 12.1 Å². The SMILES string of the molecule is Cl.NCC1CCCCC1NC(=O)CCCOc1ccc(F)cc1. The van der Waals surface area contributed by atoms with Crippen LogP contribution in [0.2, 0.25) is 0 Å². The molecule has 3 N–H and O–H groups in total. The Hall–Kier alpha value is -1.33. The van der Waals surface area contributed by atoms with Crippen molar-refractivity contribution in [3.8, 4) is 5.75 Å². The first-order valence-electron chi connectivity index (χ1n) is 8.07. The molecule has 1 aliphatic rings. The maximum Gasteiger partial charge on any atom is 0.220 e. The van der Waals surface area contributed by atoms with Gasteiger partial charge in [0.25, 0.3) is 0 Å². The number of hydrogen-bond donors (Lipinski definition) is 2. The minimum atomic E-state index is -0.284. The fraction of sp³-hybridized carbons (Fsp3) is 0.588. The average molecular weight is 345 g/mol. The Morgan fingerprint density at radius 1 is 1.26 bits per heavy atom. The van der Waals surface area contributed by atoms with E-state index >= 15 is 0 Å². The summed E-state index contributed by atoms with van der Waals surface area (Å²) in [4.78, 5) is 12.0. The lowest BCUT2D eigenvalue weighted by molar-refractivity contribution is -0.122. The van der Waals surface area contributed by atoms with Gasteiger partial charge in [0.2, 0.25) is 5.91 Å². The molecule has 0 radical (unpaired) electrons. The third-order valence-electron chi connectivity index (χ3n) is 4.19. The third kappa shape index (κ3) is 6.75. The lowest BCUT2D eigenvalue weighted by atomic mass is 9.84. The normalized spacial score (nSPS) is 20.4. The summed E-state index contributed by atoms with van der Waals surface area (Å²) in [5.41, 5.74) is 5.77. The number of ether oxygens (including phenoxy) is 1. The molecule has 1 saturated carbocycles. The smallest absolute Gasteiger partial charge is 0.220 e. The summed E-state index contributed by atoms with van der Waals surface area (Å²) < 4.78 is 18.2. The third-order valence-corrected chi connectivity index (χ3v) is 4.19. The second-order valence-electron chi connectivity index (χ2n) is 5.86. The molecule has 0 aromatic heterocycles. The van der Waals surface area contributed by atoms with Gasteiger partial charge < -0.3 is 15.8 Å². The largest absolute Gasteiger partial charge is 0.494 e. The first-order valence-corrected chi connectivity index (χ1v) is 8.07. The number of rotatable bonds is 7. The van der Waals surface area contributed by atoms with E-state index in [1.807, 2.05) is 0 Å². The maximum absolute atomic E-state index is 12.7. The topological polar surface area (TPSA) is 64.3 Å². The van der Waals surface area contributed by atoms with Crippen LogP contribution >= 0.6 is 12.4 Å². The fourth-order valence-electron chi connectivity index (χ4n) is 2.91. The van der Waals surface area contributed by atoms with Crippen molar-refractivity contribution < 1.29 is 13.9 Å². The molecule has 2 rings (SSSR count). The van der Waals surface area contributed by atoms with Crippen molar-refractivity contribution in [1.29, 1.82) is 0 Å². The van der Waals surface area contributed by atoms with Gasteiger partial charge in [0, 0.05) is 12.5 Å². The van der Waals surface area contributed by atoms with E-state index in [0.717, 1.165) is 19.3 Å². The Kier molecular flexibility index (Phi) is 8.95. The van der Waals surface area contributed by atoms with Crippen molar-refractivity contribution >= 4 is 18.3 Å². The number of nitrogens with one attached hydrogen (secondary N) is 1. The maximum atomic E-state index is 12.7. The molecule has 1 aliphatic carbocycles.